The Bertz CT molecular complexity index is 2400. The van der Waals surface area contributed by atoms with Crippen molar-refractivity contribution in [2.75, 3.05) is 14.9 Å². The maximum absolute atomic E-state index is 4.81. The van der Waals surface area contributed by atoms with Gasteiger partial charge in [0.1, 0.15) is 0 Å². The molecule has 59 heavy (non-hydrogen) atoms. The van der Waals surface area contributed by atoms with Crippen LogP contribution >= 0.6 is 0 Å². The molecule has 8 rings (SSSR count). The van der Waals surface area contributed by atoms with E-state index in [-0.39, 0.29) is 0 Å². The predicted molar refractivity (Wildman–Crippen MR) is 252 cm³/mol. The van der Waals surface area contributed by atoms with Gasteiger partial charge in [0.15, 0.2) is 0 Å². The second kappa shape index (κ2) is 19.2. The maximum atomic E-state index is 4.81. The van der Waals surface area contributed by atoms with E-state index in [1.54, 1.807) is 0 Å². The molecule has 0 unspecified atom stereocenters. The fourth-order valence-electron chi connectivity index (χ4n) is 6.79. The third kappa shape index (κ3) is 9.69. The molecule has 8 aromatic rings. The molecule has 0 saturated carbocycles. The normalized spacial score (nSPS) is 11.5. The molecular weight excluding hydrogens is 719 g/mol. The van der Waals surface area contributed by atoms with Gasteiger partial charge in [-0.15, -0.1) is 0 Å². The largest absolute Gasteiger partial charge is 0.310 e. The van der Waals surface area contributed by atoms with Gasteiger partial charge in [-0.1, -0.05) is 158 Å². The minimum absolute atomic E-state index is 0.996. The van der Waals surface area contributed by atoms with E-state index in [1.807, 2.05) is 107 Å². The minimum Gasteiger partial charge on any atom is -0.310 e. The van der Waals surface area contributed by atoms with Crippen molar-refractivity contribution in [1.29, 1.82) is 0 Å². The van der Waals surface area contributed by atoms with E-state index in [2.05, 4.69) is 169 Å². The zero-order valence-electron chi connectivity index (χ0n) is 32.6. The lowest BCUT2D eigenvalue weighted by atomic mass is 10.0. The number of allylic oxidation sites excluding steroid dienone is 2. The standard InChI is InChI=1S/C54H43N5/c1-6-22-46(23-7-1)53-32-16-17-33-54(53)57(47-38-34-44(35-39-47)20-18-42-55-58(49-24-8-2-9-25-49)50-26-10-3-11-27-50)48-40-36-45(37-41-48)21-19-43-56-59(51-28-12-4-13-29-51)52-30-14-5-15-31-52/h1-43H/b20-18+,21-19+,55-42+,56-43+. The molecule has 0 aliphatic carbocycles. The van der Waals surface area contributed by atoms with Crippen LogP contribution in [0, 0.1) is 0 Å². The number of benzene rings is 8. The van der Waals surface area contributed by atoms with Crippen LogP contribution in [0.3, 0.4) is 0 Å². The molecule has 0 fully saturated rings. The number of nitrogens with zero attached hydrogens (tertiary/aromatic N) is 5. The summed E-state index contributed by atoms with van der Waals surface area (Å²) >= 11 is 0. The lowest BCUT2D eigenvalue weighted by Gasteiger charge is -2.28. The topological polar surface area (TPSA) is 34.4 Å². The lowest BCUT2D eigenvalue weighted by molar-refractivity contribution is 1.09. The maximum Gasteiger partial charge on any atom is 0.0652 e. The fourth-order valence-corrected chi connectivity index (χ4v) is 6.79. The summed E-state index contributed by atoms with van der Waals surface area (Å²) < 4.78 is 0. The van der Waals surface area contributed by atoms with Crippen LogP contribution in [0.1, 0.15) is 11.1 Å². The molecule has 0 atom stereocenters. The Morgan fingerprint density at radius 1 is 0.305 bits per heavy atom. The van der Waals surface area contributed by atoms with Crippen molar-refractivity contribution in [3.8, 4) is 11.1 Å². The number of rotatable bonds is 14. The van der Waals surface area contributed by atoms with Gasteiger partial charge in [0.05, 0.1) is 28.4 Å². The monoisotopic (exact) mass is 761 g/mol. The van der Waals surface area contributed by atoms with E-state index in [9.17, 15) is 0 Å². The third-order valence-corrected chi connectivity index (χ3v) is 9.65. The van der Waals surface area contributed by atoms with Crippen molar-refractivity contribution in [1.82, 2.24) is 0 Å². The number of hydrazone groups is 2. The molecule has 5 nitrogen and oxygen atoms in total. The highest BCUT2D eigenvalue weighted by molar-refractivity contribution is 5.89. The highest BCUT2D eigenvalue weighted by Crippen LogP contribution is 2.41. The van der Waals surface area contributed by atoms with E-state index in [0.29, 0.717) is 0 Å². The fraction of sp³-hybridized carbons (Fsp3) is 0. The van der Waals surface area contributed by atoms with Crippen LogP contribution < -0.4 is 14.9 Å². The molecule has 0 bridgehead atoms. The van der Waals surface area contributed by atoms with Gasteiger partial charge < -0.3 is 4.90 Å². The van der Waals surface area contributed by atoms with Gasteiger partial charge in [0, 0.05) is 29.4 Å². The molecule has 0 heterocycles. The quantitative estimate of drug-likeness (QED) is 0.0817. The summed E-state index contributed by atoms with van der Waals surface area (Å²) in [4.78, 5) is 2.32. The van der Waals surface area contributed by atoms with Crippen LogP contribution in [0.2, 0.25) is 0 Å². The molecular formula is C54H43N5. The number of hydrogen-bond donors (Lipinski definition) is 0. The molecule has 0 N–H and O–H groups in total. The van der Waals surface area contributed by atoms with Gasteiger partial charge in [-0.3, -0.25) is 0 Å². The third-order valence-electron chi connectivity index (χ3n) is 9.65. The van der Waals surface area contributed by atoms with Gasteiger partial charge in [-0.25, -0.2) is 10.0 Å². The molecule has 0 amide bonds. The highest BCUT2D eigenvalue weighted by atomic mass is 15.5. The molecule has 0 aliphatic rings. The van der Waals surface area contributed by atoms with Crippen molar-refractivity contribution in [2.45, 2.75) is 0 Å². The molecule has 5 heteroatoms. The second-order valence-corrected chi connectivity index (χ2v) is 13.6. The Morgan fingerprint density at radius 3 is 1.03 bits per heavy atom. The van der Waals surface area contributed by atoms with Crippen molar-refractivity contribution in [3.05, 3.63) is 248 Å². The number of hydrogen-bond acceptors (Lipinski definition) is 5. The first-order valence-corrected chi connectivity index (χ1v) is 19.7. The average molecular weight is 762 g/mol. The van der Waals surface area contributed by atoms with Crippen LogP contribution in [0.25, 0.3) is 23.3 Å². The summed E-state index contributed by atoms with van der Waals surface area (Å²) in [5.74, 6) is 0. The predicted octanol–water partition coefficient (Wildman–Crippen LogP) is 14.5. The van der Waals surface area contributed by atoms with E-state index < -0.39 is 0 Å². The number of anilines is 7. The summed E-state index contributed by atoms with van der Waals surface area (Å²) in [5.41, 5.74) is 11.6. The van der Waals surface area contributed by atoms with Gasteiger partial charge in [0.25, 0.3) is 0 Å². The summed E-state index contributed by atoms with van der Waals surface area (Å²) in [6.07, 6.45) is 11.8. The zero-order chi connectivity index (χ0) is 39.9. The van der Waals surface area contributed by atoms with E-state index >= 15 is 0 Å². The summed E-state index contributed by atoms with van der Waals surface area (Å²) in [7, 11) is 0. The number of para-hydroxylation sites is 5. The molecule has 8 aromatic carbocycles. The molecule has 284 valence electrons. The average Bonchev–Trinajstić information content (AvgIpc) is 3.31. The Balaban J connectivity index is 1.05. The summed E-state index contributed by atoms with van der Waals surface area (Å²) in [6, 6.07) is 77.1. The van der Waals surface area contributed by atoms with Crippen LogP contribution in [-0.2, 0) is 0 Å². The van der Waals surface area contributed by atoms with Crippen molar-refractivity contribution in [3.63, 3.8) is 0 Å². The van der Waals surface area contributed by atoms with E-state index in [1.165, 1.54) is 0 Å². The van der Waals surface area contributed by atoms with Crippen LogP contribution in [0.5, 0.6) is 0 Å². The van der Waals surface area contributed by atoms with Crippen LogP contribution in [0.4, 0.5) is 39.8 Å². The Labute approximate surface area is 347 Å². The Morgan fingerprint density at radius 2 is 0.644 bits per heavy atom. The summed E-state index contributed by atoms with van der Waals surface area (Å²) in [5, 5.41) is 13.5. The van der Waals surface area contributed by atoms with E-state index in [0.717, 1.165) is 62.1 Å². The Kier molecular flexibility index (Phi) is 12.3. The second-order valence-electron chi connectivity index (χ2n) is 13.6. The van der Waals surface area contributed by atoms with Crippen molar-refractivity contribution >= 4 is 64.4 Å². The minimum atomic E-state index is 0.996. The Hall–Kier alpha value is -8.02. The SMILES string of the molecule is C(=C\c1ccc(N(c2ccc(/C=C/C=N/N(c3ccccc3)c3ccccc3)cc2)c2ccccc2-c2ccccc2)cc1)/C=N/N(c1ccccc1)c1ccccc1. The van der Waals surface area contributed by atoms with Gasteiger partial charge in [0.2, 0.25) is 0 Å². The van der Waals surface area contributed by atoms with Gasteiger partial charge in [-0.05, 0) is 108 Å². The van der Waals surface area contributed by atoms with Crippen molar-refractivity contribution < 1.29 is 0 Å². The smallest absolute Gasteiger partial charge is 0.0652 e. The molecule has 0 radical (unpaired) electrons. The molecule has 0 spiro atoms. The first kappa shape index (κ1) is 37.9. The van der Waals surface area contributed by atoms with Gasteiger partial charge in [-0.2, -0.15) is 10.2 Å². The molecule has 0 saturated heterocycles. The zero-order valence-corrected chi connectivity index (χ0v) is 32.6. The first-order chi connectivity index (χ1) is 29.3. The van der Waals surface area contributed by atoms with Crippen LogP contribution in [-0.4, -0.2) is 12.4 Å². The molecule has 0 aliphatic heterocycles. The highest BCUT2D eigenvalue weighted by Gasteiger charge is 2.17. The summed E-state index contributed by atoms with van der Waals surface area (Å²) in [6.45, 7) is 0. The van der Waals surface area contributed by atoms with Crippen LogP contribution in [0.15, 0.2) is 247 Å². The lowest BCUT2D eigenvalue weighted by Crippen LogP contribution is -2.11. The van der Waals surface area contributed by atoms with Gasteiger partial charge >= 0.3 is 0 Å². The first-order valence-electron chi connectivity index (χ1n) is 19.7. The van der Waals surface area contributed by atoms with Crippen molar-refractivity contribution in [2.24, 2.45) is 10.2 Å². The molecule has 0 aromatic heterocycles. The van der Waals surface area contributed by atoms with E-state index in [4.69, 9.17) is 10.2 Å².